The van der Waals surface area contributed by atoms with Crippen LogP contribution in [0.15, 0.2) is 35.4 Å². The molecule has 128 valence electrons. The van der Waals surface area contributed by atoms with Crippen LogP contribution in [-0.2, 0) is 9.53 Å². The molecule has 24 heavy (non-hydrogen) atoms. The normalized spacial score (nSPS) is 21.2. The number of benzene rings is 1. The summed E-state index contributed by atoms with van der Waals surface area (Å²) in [7, 11) is 0. The van der Waals surface area contributed by atoms with E-state index in [0.29, 0.717) is 19.5 Å². The third kappa shape index (κ3) is 3.58. The Morgan fingerprint density at radius 2 is 1.96 bits per heavy atom. The summed E-state index contributed by atoms with van der Waals surface area (Å²) >= 11 is 0. The lowest BCUT2D eigenvalue weighted by atomic mass is 10.0. The molecule has 1 aromatic rings. The summed E-state index contributed by atoms with van der Waals surface area (Å²) in [4.78, 5) is 26.1. The molecule has 0 aliphatic carbocycles. The van der Waals surface area contributed by atoms with Crippen LogP contribution in [0.25, 0.3) is 0 Å². The first kappa shape index (κ1) is 16.5. The highest BCUT2D eigenvalue weighted by Gasteiger charge is 2.36. The van der Waals surface area contributed by atoms with Crippen LogP contribution in [0.2, 0.25) is 0 Å². The summed E-state index contributed by atoms with van der Waals surface area (Å²) in [6, 6.07) is 9.41. The van der Waals surface area contributed by atoms with Gasteiger partial charge in [-0.15, -0.1) is 0 Å². The first-order chi connectivity index (χ1) is 11.3. The molecule has 1 atom stereocenters. The summed E-state index contributed by atoms with van der Waals surface area (Å²) in [5.74, 6) is 0.0992. The van der Waals surface area contributed by atoms with E-state index < -0.39 is 5.60 Å². The highest BCUT2D eigenvalue weighted by atomic mass is 16.6. The highest BCUT2D eigenvalue weighted by molar-refractivity contribution is 6.13. The average molecular weight is 329 g/mol. The van der Waals surface area contributed by atoms with Crippen molar-refractivity contribution in [2.24, 2.45) is 11.0 Å². The van der Waals surface area contributed by atoms with Gasteiger partial charge in [0, 0.05) is 19.0 Å². The van der Waals surface area contributed by atoms with Crippen LogP contribution >= 0.6 is 0 Å². The first-order valence-corrected chi connectivity index (χ1v) is 8.27. The molecule has 0 aromatic heterocycles. The molecule has 1 fully saturated rings. The number of rotatable bonds is 2. The number of nitrogens with zero attached hydrogens (tertiary/aromatic N) is 3. The maximum Gasteiger partial charge on any atom is 0.410 e. The molecule has 2 aliphatic rings. The molecule has 6 nitrogen and oxygen atoms in total. The van der Waals surface area contributed by atoms with Gasteiger partial charge in [0.1, 0.15) is 5.60 Å². The molecule has 2 amide bonds. The van der Waals surface area contributed by atoms with Crippen molar-refractivity contribution in [2.75, 3.05) is 18.1 Å². The highest BCUT2D eigenvalue weighted by Crippen LogP contribution is 2.27. The maximum atomic E-state index is 12.3. The van der Waals surface area contributed by atoms with E-state index in [9.17, 15) is 9.59 Å². The number of carbonyl (C=O) groups is 2. The Balaban J connectivity index is 1.66. The summed E-state index contributed by atoms with van der Waals surface area (Å²) in [6.07, 6.45) is 0.838. The maximum absolute atomic E-state index is 12.3. The third-order valence-electron chi connectivity index (χ3n) is 4.11. The molecule has 1 aromatic carbocycles. The number of carbonyl (C=O) groups excluding carboxylic acids is 2. The van der Waals surface area contributed by atoms with E-state index in [1.54, 1.807) is 4.90 Å². The van der Waals surface area contributed by atoms with E-state index in [-0.39, 0.29) is 17.9 Å². The van der Waals surface area contributed by atoms with Gasteiger partial charge < -0.3 is 9.64 Å². The predicted molar refractivity (Wildman–Crippen MR) is 91.9 cm³/mol. The number of para-hydroxylation sites is 1. The van der Waals surface area contributed by atoms with E-state index in [2.05, 4.69) is 5.10 Å². The lowest BCUT2D eigenvalue weighted by molar-refractivity contribution is -0.116. The molecule has 6 heteroatoms. The van der Waals surface area contributed by atoms with Crippen LogP contribution in [0.4, 0.5) is 10.5 Å². The van der Waals surface area contributed by atoms with Crippen LogP contribution in [0.3, 0.4) is 0 Å². The van der Waals surface area contributed by atoms with Gasteiger partial charge in [0.05, 0.1) is 17.8 Å². The molecule has 0 saturated carbocycles. The molecule has 0 bridgehead atoms. The monoisotopic (exact) mass is 329 g/mol. The Bertz CT molecular complexity index is 664. The summed E-state index contributed by atoms with van der Waals surface area (Å²) in [5.41, 5.74) is 1.13. The molecule has 2 aliphatic heterocycles. The lowest BCUT2D eigenvalue weighted by Crippen LogP contribution is -2.35. The summed E-state index contributed by atoms with van der Waals surface area (Å²) in [6.45, 7) is 6.77. The second kappa shape index (κ2) is 6.26. The van der Waals surface area contributed by atoms with Gasteiger partial charge in [0.2, 0.25) is 0 Å². The van der Waals surface area contributed by atoms with Crippen molar-refractivity contribution in [1.29, 1.82) is 0 Å². The van der Waals surface area contributed by atoms with Crippen molar-refractivity contribution in [2.45, 2.75) is 39.2 Å². The van der Waals surface area contributed by atoms with E-state index in [1.807, 2.05) is 51.1 Å². The molecular weight excluding hydrogens is 306 g/mol. The Morgan fingerprint density at radius 3 is 2.62 bits per heavy atom. The minimum Gasteiger partial charge on any atom is -0.444 e. The van der Waals surface area contributed by atoms with E-state index in [4.69, 9.17) is 4.74 Å². The Kier molecular flexibility index (Phi) is 4.30. The van der Waals surface area contributed by atoms with Crippen LogP contribution in [0, 0.1) is 5.92 Å². The number of anilines is 1. The van der Waals surface area contributed by atoms with E-state index in [1.165, 1.54) is 5.01 Å². The van der Waals surface area contributed by atoms with E-state index >= 15 is 0 Å². The number of hydrazone groups is 1. The number of hydrogen-bond donors (Lipinski definition) is 0. The predicted octanol–water partition coefficient (Wildman–Crippen LogP) is 3.04. The Hall–Kier alpha value is -2.37. The minimum absolute atomic E-state index is 0.0214. The Labute approximate surface area is 142 Å². The lowest BCUT2D eigenvalue weighted by Gasteiger charge is -2.24. The zero-order chi connectivity index (χ0) is 17.3. The number of ether oxygens (including phenoxy) is 1. The van der Waals surface area contributed by atoms with Crippen LogP contribution in [0.1, 0.15) is 33.6 Å². The van der Waals surface area contributed by atoms with Gasteiger partial charge in [0.15, 0.2) is 0 Å². The van der Waals surface area contributed by atoms with Crippen molar-refractivity contribution >= 4 is 23.4 Å². The van der Waals surface area contributed by atoms with Gasteiger partial charge in [0.25, 0.3) is 5.91 Å². The summed E-state index contributed by atoms with van der Waals surface area (Å²) in [5, 5.41) is 5.98. The first-order valence-electron chi connectivity index (χ1n) is 8.27. The molecule has 0 N–H and O–H groups in total. The van der Waals surface area contributed by atoms with Gasteiger partial charge in [-0.1, -0.05) is 18.2 Å². The van der Waals surface area contributed by atoms with Crippen LogP contribution in [0.5, 0.6) is 0 Å². The standard InChI is InChI=1S/C18H23N3O3/c1-18(2,3)24-17(23)20-10-9-13(12-20)15-11-16(22)21(19-15)14-7-5-4-6-8-14/h4-8,13H,9-12H2,1-3H3. The average Bonchev–Trinajstić information content (AvgIpc) is 3.13. The molecule has 2 heterocycles. The zero-order valence-corrected chi connectivity index (χ0v) is 14.4. The molecule has 3 rings (SSSR count). The van der Waals surface area contributed by atoms with Crippen molar-refractivity contribution in [3.63, 3.8) is 0 Å². The largest absolute Gasteiger partial charge is 0.444 e. The second-order valence-electron chi connectivity index (χ2n) is 7.22. The van der Waals surface area contributed by atoms with Crippen molar-refractivity contribution in [3.05, 3.63) is 30.3 Å². The van der Waals surface area contributed by atoms with Gasteiger partial charge in [-0.3, -0.25) is 4.79 Å². The minimum atomic E-state index is -0.500. The fraction of sp³-hybridized carbons (Fsp3) is 0.500. The molecular formula is C18H23N3O3. The molecule has 0 spiro atoms. The Morgan fingerprint density at radius 1 is 1.25 bits per heavy atom. The second-order valence-corrected chi connectivity index (χ2v) is 7.22. The van der Waals surface area contributed by atoms with Gasteiger partial charge in [-0.25, -0.2) is 9.80 Å². The third-order valence-corrected chi connectivity index (χ3v) is 4.11. The van der Waals surface area contributed by atoms with Gasteiger partial charge in [-0.05, 0) is 39.3 Å². The zero-order valence-electron chi connectivity index (χ0n) is 14.4. The SMILES string of the molecule is CC(C)(C)OC(=O)N1CCC(C2=NN(c3ccccc3)C(=O)C2)C1. The van der Waals surface area contributed by atoms with E-state index in [0.717, 1.165) is 17.8 Å². The topological polar surface area (TPSA) is 62.2 Å². The molecule has 1 saturated heterocycles. The summed E-state index contributed by atoms with van der Waals surface area (Å²) < 4.78 is 5.41. The molecule has 0 radical (unpaired) electrons. The van der Waals surface area contributed by atoms with Crippen molar-refractivity contribution < 1.29 is 14.3 Å². The van der Waals surface area contributed by atoms with Crippen molar-refractivity contribution in [1.82, 2.24) is 4.90 Å². The van der Waals surface area contributed by atoms with Crippen LogP contribution < -0.4 is 5.01 Å². The number of hydrogen-bond acceptors (Lipinski definition) is 4. The fourth-order valence-corrected chi connectivity index (χ4v) is 2.97. The fourth-order valence-electron chi connectivity index (χ4n) is 2.97. The van der Waals surface area contributed by atoms with Crippen LogP contribution in [-0.4, -0.2) is 41.3 Å². The number of likely N-dealkylation sites (tertiary alicyclic amines) is 1. The number of amides is 2. The smallest absolute Gasteiger partial charge is 0.410 e. The van der Waals surface area contributed by atoms with Gasteiger partial charge in [-0.2, -0.15) is 5.10 Å². The molecule has 1 unspecified atom stereocenters. The quantitative estimate of drug-likeness (QED) is 0.838. The van der Waals surface area contributed by atoms with Gasteiger partial charge >= 0.3 is 6.09 Å². The van der Waals surface area contributed by atoms with Crippen molar-refractivity contribution in [3.8, 4) is 0 Å².